The molecule has 3 fully saturated rings. The third kappa shape index (κ3) is 24.2. The molecule has 8 N–H and O–H groups in total. The van der Waals surface area contributed by atoms with Crippen molar-refractivity contribution in [2.24, 2.45) is 48.0 Å². The first-order valence-corrected chi connectivity index (χ1v) is 45.4. The molecule has 3 saturated heterocycles. The van der Waals surface area contributed by atoms with E-state index in [0.29, 0.717) is 136 Å². The van der Waals surface area contributed by atoms with Crippen LogP contribution in [0.5, 0.6) is 17.2 Å². The summed E-state index contributed by atoms with van der Waals surface area (Å²) in [6.45, 7) is 9.13. The summed E-state index contributed by atoms with van der Waals surface area (Å²) in [7, 11) is 11.7. The number of aryl methyl sites for hydroxylation is 3. The first kappa shape index (κ1) is 109. The van der Waals surface area contributed by atoms with Gasteiger partial charge >= 0.3 is 24.2 Å². The van der Waals surface area contributed by atoms with Gasteiger partial charge in [0.15, 0.2) is 12.6 Å². The first-order valence-electron chi connectivity index (χ1n) is 42.3. The highest BCUT2D eigenvalue weighted by molar-refractivity contribution is 9.10. The Morgan fingerprint density at radius 3 is 1.16 bits per heavy atom. The molecule has 31 nitrogen and oxygen atoms in total. The standard InChI is InChI=1S/C32H30Cl2FN5O5.C27H20Cl2FN3O5.C20H21BClFO4.C13H11BrClN3O3.C5H10N2O.CH4/c1-39-16-23(31(43)40(2)32(39)44)30(42)38-25-9-5-8-21(29(25)34)20-7-4-6-19(28(20)33)17-12-24(35)22(26(13-17)45-3)15-36-14-18-10-11-27(41)37-18;1-32-12-18(26(36)33(2)27(32)37)25(35)31-21-9-5-8-17(24(21)29)16-7-4-6-15(23(16)28)14-10-20(30)19(13-34)22(11-14)38-3;1-19(2)20(3,4)27-21(26-19)15-8-6-7-13(18(15)22)12-9-16(23)14(11-24)17(10-12)25-5;1-17-6-7(12(20)18(2)13(17)21)11(19)16-9-5-3-4-8(14)10(9)15;6-3-4-1-2-5(8)7-4;/h4-9,12-13,16,18,36H,10-11,14-15H2,1-3H3,(H,37,41)(H,38,42);4-13H,1-3H3,(H,31,35);6-11H,1-5H3;3-6H,1-2H3,(H,16,19);4H,1-3,6H2,(H,7,8);1H4/t18-;;;;4-;/m0...0./s1. The topological polar surface area (TPSA) is 396 Å². The minimum atomic E-state index is -0.761. The molecule has 3 aliphatic heterocycles. The van der Waals surface area contributed by atoms with Gasteiger partial charge in [-0.1, -0.05) is 162 Å². The fraction of sp³-hybridized carbons (Fsp3) is 0.255. The van der Waals surface area contributed by atoms with Crippen LogP contribution in [0.1, 0.15) is 118 Å². The predicted molar refractivity (Wildman–Crippen MR) is 541 cm³/mol. The van der Waals surface area contributed by atoms with E-state index >= 15 is 4.39 Å². The average molecular weight is 2100 g/mol. The van der Waals surface area contributed by atoms with Crippen molar-refractivity contribution in [1.82, 2.24) is 43.4 Å². The third-order valence-electron chi connectivity index (χ3n) is 23.2. The zero-order chi connectivity index (χ0) is 102. The fourth-order valence-electron chi connectivity index (χ4n) is 14.8. The Kier molecular flexibility index (Phi) is 36.5. The van der Waals surface area contributed by atoms with E-state index in [4.69, 9.17) is 98.9 Å². The van der Waals surface area contributed by atoms with Gasteiger partial charge in [0.25, 0.3) is 34.4 Å². The van der Waals surface area contributed by atoms with Crippen LogP contribution in [0.2, 0.25) is 30.1 Å². The average Bonchev–Trinajstić information content (AvgIpc) is 1.60. The van der Waals surface area contributed by atoms with E-state index in [9.17, 15) is 71.1 Å². The van der Waals surface area contributed by atoms with Crippen LogP contribution < -0.4 is 91.1 Å². The maximum atomic E-state index is 15.4. The number of anilines is 3. The lowest BCUT2D eigenvalue weighted by Gasteiger charge is -2.32. The molecule has 0 radical (unpaired) electrons. The van der Waals surface area contributed by atoms with E-state index in [0.717, 1.165) is 41.9 Å². The quantitative estimate of drug-likeness (QED) is 0.0245. The van der Waals surface area contributed by atoms with Gasteiger partial charge in [-0.15, -0.1) is 0 Å². The van der Waals surface area contributed by atoms with Crippen molar-refractivity contribution in [3.63, 3.8) is 0 Å². The number of nitrogens with zero attached hydrogens (tertiary/aromatic N) is 6. The molecule has 12 aromatic rings. The molecular weight excluding hydrogens is 2010 g/mol. The highest BCUT2D eigenvalue weighted by Gasteiger charge is 2.52. The Bertz CT molecular complexity index is 7260. The Labute approximate surface area is 839 Å². The number of methoxy groups -OCH3 is 3. The normalized spacial score (nSPS) is 14.2. The Balaban J connectivity index is 0.000000192. The van der Waals surface area contributed by atoms with Crippen molar-refractivity contribution in [2.45, 2.75) is 90.6 Å². The van der Waals surface area contributed by atoms with Crippen LogP contribution in [0.25, 0.3) is 55.6 Å². The van der Waals surface area contributed by atoms with Crippen LogP contribution in [0.15, 0.2) is 197 Å². The molecule has 42 heteroatoms. The highest BCUT2D eigenvalue weighted by atomic mass is 79.9. The molecule has 0 aliphatic carbocycles. The van der Waals surface area contributed by atoms with Crippen molar-refractivity contribution in [1.29, 1.82) is 0 Å². The number of nitrogens with two attached hydrogens (primary N) is 1. The summed E-state index contributed by atoms with van der Waals surface area (Å²) < 4.78 is 78.9. The van der Waals surface area contributed by atoms with E-state index in [1.165, 1.54) is 105 Å². The van der Waals surface area contributed by atoms with Gasteiger partial charge in [-0.05, 0) is 134 Å². The van der Waals surface area contributed by atoms with E-state index in [2.05, 4.69) is 47.8 Å². The van der Waals surface area contributed by atoms with Gasteiger partial charge < -0.3 is 74.9 Å². The van der Waals surface area contributed by atoms with Crippen LogP contribution in [0.4, 0.5) is 30.2 Å². The van der Waals surface area contributed by atoms with Gasteiger partial charge in [0.1, 0.15) is 51.4 Å². The lowest BCUT2D eigenvalue weighted by molar-refractivity contribution is -0.120. The van der Waals surface area contributed by atoms with Crippen LogP contribution >= 0.6 is 85.5 Å². The summed E-state index contributed by atoms with van der Waals surface area (Å²) in [5.41, 5.74) is 6.22. The second-order valence-corrected chi connectivity index (χ2v) is 35.9. The van der Waals surface area contributed by atoms with Crippen LogP contribution in [0.3, 0.4) is 0 Å². The number of amides is 5. The predicted octanol–water partition coefficient (Wildman–Crippen LogP) is 15.3. The maximum Gasteiger partial charge on any atom is 0.496 e. The van der Waals surface area contributed by atoms with Crippen LogP contribution in [-0.4, -0.2) is 134 Å². The van der Waals surface area contributed by atoms with Crippen molar-refractivity contribution >= 4 is 157 Å². The van der Waals surface area contributed by atoms with Gasteiger partial charge in [-0.3, -0.25) is 61.6 Å². The lowest BCUT2D eigenvalue weighted by atomic mass is 9.77. The zero-order valence-electron chi connectivity index (χ0n) is 76.8. The summed E-state index contributed by atoms with van der Waals surface area (Å²) in [5, 5.41) is 18.2. The molecule has 0 saturated carbocycles. The number of hydrogen-bond acceptors (Lipinski definition) is 20. The number of nitrogens with one attached hydrogen (secondary N) is 6. The zero-order valence-corrected chi connectivity index (χ0v) is 82.9. The summed E-state index contributed by atoms with van der Waals surface area (Å²) in [4.78, 5) is 155. The summed E-state index contributed by atoms with van der Waals surface area (Å²) in [5.74, 6) is -3.34. The monoisotopic (exact) mass is 2100 g/mol. The van der Waals surface area contributed by atoms with Gasteiger partial charge in [-0.25, -0.2) is 27.6 Å². The molecule has 15 rings (SSSR count). The Hall–Kier alpha value is -13.0. The molecule has 9 aromatic carbocycles. The maximum absolute atomic E-state index is 15.4. The molecule has 734 valence electrons. The van der Waals surface area contributed by atoms with Crippen LogP contribution in [0, 0.1) is 17.5 Å². The molecule has 3 aromatic heterocycles. The summed E-state index contributed by atoms with van der Waals surface area (Å²) in [6.07, 6.45) is 7.11. The number of aldehydes is 2. The number of halogens is 10. The van der Waals surface area contributed by atoms with Crippen molar-refractivity contribution in [2.75, 3.05) is 50.4 Å². The van der Waals surface area contributed by atoms with Crippen LogP contribution in [-0.2, 0) is 67.7 Å². The fourth-order valence-corrected chi connectivity index (χ4v) is 16.9. The van der Waals surface area contributed by atoms with Crippen molar-refractivity contribution in [3.05, 3.63) is 312 Å². The smallest absolute Gasteiger partial charge is 0.496 e. The number of hydrogen-bond donors (Lipinski definition) is 7. The number of carbonyl (C=O) groups is 7. The Morgan fingerprint density at radius 2 is 0.800 bits per heavy atom. The molecule has 140 heavy (non-hydrogen) atoms. The second-order valence-electron chi connectivity index (χ2n) is 32.8. The number of benzene rings is 9. The van der Waals surface area contributed by atoms with E-state index in [1.54, 1.807) is 115 Å². The second kappa shape index (κ2) is 46.9. The van der Waals surface area contributed by atoms with Gasteiger partial charge in [-0.2, -0.15) is 0 Å². The molecule has 5 amide bonds. The third-order valence-corrected chi connectivity index (χ3v) is 26.5. The van der Waals surface area contributed by atoms with Gasteiger partial charge in [0.05, 0.1) is 85.8 Å². The molecule has 0 unspecified atom stereocenters. The number of aromatic nitrogens is 6. The number of rotatable bonds is 22. The lowest BCUT2D eigenvalue weighted by Crippen LogP contribution is -2.41. The van der Waals surface area contributed by atoms with E-state index < -0.39 is 87.2 Å². The molecule has 2 atom stereocenters. The molecule has 6 heterocycles. The molecule has 0 spiro atoms. The summed E-state index contributed by atoms with van der Waals surface area (Å²) in [6, 6.07) is 39.5. The number of ether oxygens (including phenoxy) is 3. The van der Waals surface area contributed by atoms with E-state index in [1.807, 2.05) is 33.8 Å². The molecule has 0 bridgehead atoms. The molecule has 3 aliphatic rings. The SMILES string of the molecule is C.COc1cc(-c2cccc(-c3cccc(NC(=O)c4cn(C)c(=O)n(C)c4=O)c3Cl)c2Cl)cc(F)c1C=O.COc1cc(-c2cccc(-c3cccc(NC(=O)c4cn(C)c(=O)n(C)c4=O)c3Cl)c2Cl)cc(F)c1CNC[C@@H]1CCC(=O)N1.COc1cc(-c2cccc(B3OC(C)(C)C(C)(C)O3)c2Cl)cc(F)c1C=O.Cn1cc(C(=O)Nc2cccc(Br)c2Cl)c(=O)n(C)c1=O.NC[C@@H]1CCC(=O)N1. The molecular formula is C98H96BBrCl6F3N13O18. The van der Waals surface area contributed by atoms with E-state index in [-0.39, 0.29) is 104 Å². The number of carbonyl (C=O) groups excluding carboxylic acids is 7. The largest absolute Gasteiger partial charge is 0.496 e. The van der Waals surface area contributed by atoms with Gasteiger partial charge in [0, 0.05) is 165 Å². The summed E-state index contributed by atoms with van der Waals surface area (Å²) >= 11 is 43.0. The van der Waals surface area contributed by atoms with Crippen molar-refractivity contribution in [3.8, 4) is 72.9 Å². The first-order chi connectivity index (χ1) is 65.8. The Morgan fingerprint density at radius 1 is 0.471 bits per heavy atom. The minimum absolute atomic E-state index is 0. The minimum Gasteiger partial charge on any atom is -0.496 e. The highest BCUT2D eigenvalue weighted by Crippen LogP contribution is 2.46. The van der Waals surface area contributed by atoms with Crippen molar-refractivity contribution < 1.29 is 70.3 Å². The van der Waals surface area contributed by atoms with Gasteiger partial charge in [0.2, 0.25) is 11.8 Å².